The van der Waals surface area contributed by atoms with Crippen molar-refractivity contribution in [1.29, 1.82) is 0 Å². The molecule has 0 radical (unpaired) electrons. The number of fused-ring (bicyclic) bond motifs is 1. The van der Waals surface area contributed by atoms with Gasteiger partial charge in [0.1, 0.15) is 5.69 Å². The maximum absolute atomic E-state index is 11.8. The number of aliphatic hydroxyl groups is 1. The molecule has 0 atom stereocenters. The molecule has 0 bridgehead atoms. The molecule has 1 aromatic heterocycles. The summed E-state index contributed by atoms with van der Waals surface area (Å²) < 4.78 is 4.91. The van der Waals surface area contributed by atoms with Gasteiger partial charge in [0.2, 0.25) is 5.52 Å². The molecule has 0 aliphatic rings. The molecule has 0 amide bonds. The summed E-state index contributed by atoms with van der Waals surface area (Å²) in [6.07, 6.45) is 0.775. The Labute approximate surface area is 184 Å². The first kappa shape index (κ1) is 21.3. The highest BCUT2D eigenvalue weighted by Crippen LogP contribution is 2.38. The van der Waals surface area contributed by atoms with Crippen LogP contribution in [0.4, 0.5) is 17.1 Å². The lowest BCUT2D eigenvalue weighted by atomic mass is 10.1. The number of nitrogens with zero attached hydrogens (tertiary/aromatic N) is 4. The number of anilines is 2. The summed E-state index contributed by atoms with van der Waals surface area (Å²) in [5.74, 6) is 0. The van der Waals surface area contributed by atoms with Crippen LogP contribution in [0.5, 0.6) is 0 Å². The fourth-order valence-electron chi connectivity index (χ4n) is 3.66. The molecule has 0 aliphatic heterocycles. The minimum absolute atomic E-state index is 0.0747. The molecule has 0 fully saturated rings. The average molecular weight is 433 g/mol. The number of aliphatic hydroxyl groups excluding tert-OH is 1. The standard InChI is InChI=1S/C23H23N5O4/c29-14-12-24-19-15-20(21-22(26-32-25-21)23(19)28(30)31)27(16-18-9-5-2-6-10-18)13-11-17-7-3-1-4-8-17/h1-10,15,24,29H,11-14,16H2. The number of nitro groups is 1. The van der Waals surface area contributed by atoms with Crippen molar-refractivity contribution in [1.82, 2.24) is 10.3 Å². The Morgan fingerprint density at radius 3 is 2.31 bits per heavy atom. The molecule has 1 heterocycles. The van der Waals surface area contributed by atoms with E-state index in [2.05, 4.69) is 32.7 Å². The third-order valence-corrected chi connectivity index (χ3v) is 5.17. The van der Waals surface area contributed by atoms with Crippen LogP contribution >= 0.6 is 0 Å². The van der Waals surface area contributed by atoms with Crippen LogP contribution in [0.3, 0.4) is 0 Å². The van der Waals surface area contributed by atoms with Gasteiger partial charge in [-0.3, -0.25) is 10.1 Å². The van der Waals surface area contributed by atoms with Crippen molar-refractivity contribution < 1.29 is 14.7 Å². The number of nitro benzene ring substituents is 1. The van der Waals surface area contributed by atoms with Crippen LogP contribution in [0.15, 0.2) is 71.4 Å². The third-order valence-electron chi connectivity index (χ3n) is 5.17. The molecule has 0 saturated heterocycles. The van der Waals surface area contributed by atoms with E-state index >= 15 is 0 Å². The van der Waals surface area contributed by atoms with Gasteiger partial charge in [0.15, 0.2) is 5.52 Å². The van der Waals surface area contributed by atoms with Gasteiger partial charge in [-0.25, -0.2) is 4.63 Å². The summed E-state index contributed by atoms with van der Waals surface area (Å²) >= 11 is 0. The van der Waals surface area contributed by atoms with E-state index in [-0.39, 0.29) is 30.0 Å². The summed E-state index contributed by atoms with van der Waals surface area (Å²) in [7, 11) is 0. The molecule has 9 nitrogen and oxygen atoms in total. The SMILES string of the molecule is O=[N+]([O-])c1c(NCCO)cc(N(CCc2ccccc2)Cc2ccccc2)c2nonc12. The Morgan fingerprint density at radius 1 is 1.00 bits per heavy atom. The van der Waals surface area contributed by atoms with Crippen molar-refractivity contribution in [3.8, 4) is 0 Å². The summed E-state index contributed by atoms with van der Waals surface area (Å²) in [6, 6.07) is 21.8. The van der Waals surface area contributed by atoms with Crippen LogP contribution in [0.25, 0.3) is 11.0 Å². The first-order valence-corrected chi connectivity index (χ1v) is 10.3. The van der Waals surface area contributed by atoms with Gasteiger partial charge in [-0.15, -0.1) is 0 Å². The quantitative estimate of drug-likeness (QED) is 0.287. The van der Waals surface area contributed by atoms with Crippen LogP contribution < -0.4 is 10.2 Å². The second-order valence-electron chi connectivity index (χ2n) is 7.30. The molecule has 0 aliphatic carbocycles. The molecule has 32 heavy (non-hydrogen) atoms. The van der Waals surface area contributed by atoms with Gasteiger partial charge in [0, 0.05) is 19.6 Å². The lowest BCUT2D eigenvalue weighted by Crippen LogP contribution is -2.26. The highest BCUT2D eigenvalue weighted by atomic mass is 16.6. The Hall–Kier alpha value is -3.98. The van der Waals surface area contributed by atoms with E-state index < -0.39 is 4.92 Å². The number of hydrogen-bond acceptors (Lipinski definition) is 8. The maximum Gasteiger partial charge on any atom is 0.323 e. The maximum atomic E-state index is 11.8. The van der Waals surface area contributed by atoms with E-state index in [1.165, 1.54) is 5.56 Å². The van der Waals surface area contributed by atoms with Crippen LogP contribution in [-0.2, 0) is 13.0 Å². The van der Waals surface area contributed by atoms with Gasteiger partial charge >= 0.3 is 5.69 Å². The highest BCUT2D eigenvalue weighted by molar-refractivity contribution is 5.99. The molecule has 0 unspecified atom stereocenters. The predicted molar refractivity (Wildman–Crippen MR) is 122 cm³/mol. The Morgan fingerprint density at radius 2 is 1.66 bits per heavy atom. The number of aromatic nitrogens is 2. The van der Waals surface area contributed by atoms with E-state index in [4.69, 9.17) is 4.63 Å². The molecule has 2 N–H and O–H groups in total. The number of nitrogens with one attached hydrogen (secondary N) is 1. The molecule has 3 aromatic carbocycles. The predicted octanol–water partition coefficient (Wildman–Crippen LogP) is 3.78. The summed E-state index contributed by atoms with van der Waals surface area (Å²) in [5, 5.41) is 31.7. The lowest BCUT2D eigenvalue weighted by molar-refractivity contribution is -0.382. The zero-order valence-electron chi connectivity index (χ0n) is 17.3. The Balaban J connectivity index is 1.78. The van der Waals surface area contributed by atoms with Crippen molar-refractivity contribution in [2.45, 2.75) is 13.0 Å². The van der Waals surface area contributed by atoms with Crippen molar-refractivity contribution in [3.05, 3.63) is 88.0 Å². The van der Waals surface area contributed by atoms with Crippen molar-refractivity contribution in [2.75, 3.05) is 29.9 Å². The Bertz CT molecular complexity index is 1180. The average Bonchev–Trinajstić information content (AvgIpc) is 3.30. The molecule has 164 valence electrons. The number of rotatable bonds is 10. The lowest BCUT2D eigenvalue weighted by Gasteiger charge is -2.26. The van der Waals surface area contributed by atoms with Gasteiger partial charge in [0.05, 0.1) is 17.2 Å². The van der Waals surface area contributed by atoms with Crippen LogP contribution in [0.2, 0.25) is 0 Å². The number of hydrogen-bond donors (Lipinski definition) is 2. The summed E-state index contributed by atoms with van der Waals surface area (Å²) in [4.78, 5) is 13.4. The fourth-order valence-corrected chi connectivity index (χ4v) is 3.66. The van der Waals surface area contributed by atoms with Gasteiger partial charge in [-0.1, -0.05) is 60.7 Å². The van der Waals surface area contributed by atoms with Crippen molar-refractivity contribution in [3.63, 3.8) is 0 Å². The second-order valence-corrected chi connectivity index (χ2v) is 7.30. The van der Waals surface area contributed by atoms with Gasteiger partial charge < -0.3 is 15.3 Å². The Kier molecular flexibility index (Phi) is 6.57. The van der Waals surface area contributed by atoms with E-state index in [1.807, 2.05) is 48.5 Å². The van der Waals surface area contributed by atoms with E-state index in [0.29, 0.717) is 24.3 Å². The van der Waals surface area contributed by atoms with Crippen LogP contribution in [0.1, 0.15) is 11.1 Å². The summed E-state index contributed by atoms with van der Waals surface area (Å²) in [6.45, 7) is 1.23. The fraction of sp³-hybridized carbons (Fsp3) is 0.217. The molecular formula is C23H23N5O4. The smallest absolute Gasteiger partial charge is 0.323 e. The van der Waals surface area contributed by atoms with Crippen LogP contribution in [-0.4, -0.2) is 40.0 Å². The summed E-state index contributed by atoms with van der Waals surface area (Å²) in [5.41, 5.74) is 3.39. The number of benzene rings is 3. The van der Waals surface area contributed by atoms with E-state index in [1.54, 1.807) is 6.07 Å². The van der Waals surface area contributed by atoms with E-state index in [9.17, 15) is 15.2 Å². The first-order chi connectivity index (χ1) is 15.7. The minimum Gasteiger partial charge on any atom is -0.395 e. The van der Waals surface area contributed by atoms with Gasteiger partial charge in [0.25, 0.3) is 0 Å². The van der Waals surface area contributed by atoms with Crippen molar-refractivity contribution >= 4 is 28.1 Å². The normalized spacial score (nSPS) is 10.9. The van der Waals surface area contributed by atoms with Gasteiger partial charge in [-0.05, 0) is 33.9 Å². The largest absolute Gasteiger partial charge is 0.395 e. The van der Waals surface area contributed by atoms with Crippen molar-refractivity contribution in [2.24, 2.45) is 0 Å². The highest BCUT2D eigenvalue weighted by Gasteiger charge is 2.27. The molecular weight excluding hydrogens is 410 g/mol. The van der Waals surface area contributed by atoms with Gasteiger partial charge in [-0.2, -0.15) is 0 Å². The van der Waals surface area contributed by atoms with Crippen LogP contribution in [0, 0.1) is 10.1 Å². The van der Waals surface area contributed by atoms with E-state index in [0.717, 1.165) is 12.0 Å². The molecule has 0 spiro atoms. The monoisotopic (exact) mass is 433 g/mol. The third kappa shape index (κ3) is 4.68. The zero-order valence-corrected chi connectivity index (χ0v) is 17.3. The topological polar surface area (TPSA) is 118 Å². The molecule has 4 rings (SSSR count). The zero-order chi connectivity index (χ0) is 22.3. The molecule has 4 aromatic rings. The first-order valence-electron chi connectivity index (χ1n) is 10.3. The molecule has 0 saturated carbocycles. The minimum atomic E-state index is -0.512. The second kappa shape index (κ2) is 9.88. The molecule has 9 heteroatoms.